The molecule has 9 N–H and O–H groups in total. The van der Waals surface area contributed by atoms with Crippen molar-refractivity contribution in [2.75, 3.05) is 13.1 Å². The Bertz CT molecular complexity index is 1280. The number of thiazole rings is 1. The minimum absolute atomic E-state index is 0.0615. The molecule has 1 aromatic heterocycles. The quantitative estimate of drug-likeness (QED) is 0.0692. The monoisotopic (exact) mass is 606 g/mol. The standard InChI is InChI=1S/C26H38N8O5S2/c27-19-10-8-18(9-11-19)22(23(36)25-30-13-14-40-25)33-21(35)15-32-24(37)20(7-4-12-31-26(28)29)34-41(38,39)16-17-5-2-1-3-6-17/h1-3,5-6,13-14,18-20,22,34H,4,7-12,15-16,27H2,(H,32,37)(H,33,35)(H4,28,29,31)/t18?,19?,20-,22+/m1/s1. The molecule has 13 nitrogen and oxygen atoms in total. The lowest BCUT2D eigenvalue weighted by Gasteiger charge is -2.32. The summed E-state index contributed by atoms with van der Waals surface area (Å²) >= 11 is 1.19. The van der Waals surface area contributed by atoms with Crippen molar-refractivity contribution in [3.05, 3.63) is 52.5 Å². The van der Waals surface area contributed by atoms with E-state index in [0.29, 0.717) is 29.8 Å². The highest BCUT2D eigenvalue weighted by Crippen LogP contribution is 2.28. The maximum atomic E-state index is 13.2. The van der Waals surface area contributed by atoms with Crippen molar-refractivity contribution in [3.8, 4) is 0 Å². The van der Waals surface area contributed by atoms with Crippen molar-refractivity contribution in [3.63, 3.8) is 0 Å². The molecule has 1 aliphatic carbocycles. The molecule has 2 atom stereocenters. The average Bonchev–Trinajstić information content (AvgIpc) is 3.47. The number of benzene rings is 1. The third-order valence-electron chi connectivity index (χ3n) is 6.74. The molecule has 0 radical (unpaired) electrons. The van der Waals surface area contributed by atoms with Crippen LogP contribution < -0.4 is 32.6 Å². The van der Waals surface area contributed by atoms with Gasteiger partial charge >= 0.3 is 0 Å². The molecule has 1 saturated carbocycles. The first-order valence-electron chi connectivity index (χ1n) is 13.4. The van der Waals surface area contributed by atoms with Gasteiger partial charge in [-0.25, -0.2) is 18.1 Å². The van der Waals surface area contributed by atoms with Crippen LogP contribution in [0.15, 0.2) is 46.9 Å². The Morgan fingerprint density at radius 2 is 1.80 bits per heavy atom. The number of hydrogen-bond acceptors (Lipinski definition) is 9. The number of sulfonamides is 1. The summed E-state index contributed by atoms with van der Waals surface area (Å²) in [5.74, 6) is -2.10. The molecule has 0 spiro atoms. The molecular formula is C26H38N8O5S2. The topological polar surface area (TPSA) is 225 Å². The SMILES string of the molecule is NC(N)=NCCC[C@@H](NS(=O)(=O)Cc1ccccc1)C(=O)NCC(=O)N[C@H](C(=O)c1nccs1)C1CCC(N)CC1. The van der Waals surface area contributed by atoms with E-state index in [-0.39, 0.29) is 42.4 Å². The van der Waals surface area contributed by atoms with Gasteiger partial charge in [0.05, 0.1) is 18.3 Å². The molecule has 15 heteroatoms. The summed E-state index contributed by atoms with van der Waals surface area (Å²) in [4.78, 5) is 47.1. The second-order valence-electron chi connectivity index (χ2n) is 10.0. The number of amides is 2. The fourth-order valence-corrected chi connectivity index (χ4v) is 6.66. The van der Waals surface area contributed by atoms with Gasteiger partial charge in [-0.3, -0.25) is 19.4 Å². The van der Waals surface area contributed by atoms with E-state index >= 15 is 0 Å². The normalized spacial score (nSPS) is 18.6. The first kappa shape index (κ1) is 32.1. The minimum Gasteiger partial charge on any atom is -0.370 e. The summed E-state index contributed by atoms with van der Waals surface area (Å²) in [6.07, 6.45) is 4.76. The molecule has 0 saturated heterocycles. The van der Waals surface area contributed by atoms with Gasteiger partial charge in [-0.2, -0.15) is 0 Å². The zero-order chi connectivity index (χ0) is 29.8. The number of aromatic nitrogens is 1. The molecule has 2 aromatic rings. The molecular weight excluding hydrogens is 568 g/mol. The van der Waals surface area contributed by atoms with Gasteiger partial charge in [0.1, 0.15) is 6.04 Å². The van der Waals surface area contributed by atoms with Crippen molar-refractivity contribution in [1.29, 1.82) is 0 Å². The molecule has 1 heterocycles. The zero-order valence-corrected chi connectivity index (χ0v) is 24.3. The van der Waals surface area contributed by atoms with E-state index in [2.05, 4.69) is 25.3 Å². The van der Waals surface area contributed by atoms with Gasteiger partial charge in [0, 0.05) is 24.2 Å². The predicted octanol–water partition coefficient (Wildman–Crippen LogP) is -0.0139. The molecule has 1 fully saturated rings. The number of ketones is 1. The number of nitrogens with one attached hydrogen (secondary N) is 3. The number of aliphatic imine (C=N–C) groups is 1. The van der Waals surface area contributed by atoms with Crippen LogP contribution in [0.25, 0.3) is 0 Å². The number of hydrogen-bond donors (Lipinski definition) is 6. The van der Waals surface area contributed by atoms with Gasteiger partial charge in [0.25, 0.3) is 0 Å². The van der Waals surface area contributed by atoms with Crippen LogP contribution in [-0.4, -0.2) is 68.2 Å². The number of guanidine groups is 1. The van der Waals surface area contributed by atoms with Crippen molar-refractivity contribution in [2.24, 2.45) is 28.1 Å². The van der Waals surface area contributed by atoms with Gasteiger partial charge in [0.2, 0.25) is 27.6 Å². The molecule has 0 bridgehead atoms. The number of rotatable bonds is 15. The summed E-state index contributed by atoms with van der Waals surface area (Å²) in [5.41, 5.74) is 17.3. The largest absolute Gasteiger partial charge is 0.370 e. The first-order valence-corrected chi connectivity index (χ1v) is 15.9. The second-order valence-corrected chi connectivity index (χ2v) is 12.7. The van der Waals surface area contributed by atoms with Crippen LogP contribution in [-0.2, 0) is 25.4 Å². The lowest BCUT2D eigenvalue weighted by molar-refractivity contribution is -0.127. The maximum Gasteiger partial charge on any atom is 0.240 e. The van der Waals surface area contributed by atoms with E-state index in [9.17, 15) is 22.8 Å². The summed E-state index contributed by atoms with van der Waals surface area (Å²) in [5, 5.41) is 7.25. The summed E-state index contributed by atoms with van der Waals surface area (Å²) in [6.45, 7) is -0.254. The third kappa shape index (κ3) is 10.8. The van der Waals surface area contributed by atoms with E-state index < -0.39 is 40.5 Å². The van der Waals surface area contributed by atoms with Gasteiger partial charge in [-0.05, 0) is 50.0 Å². The number of carbonyl (C=O) groups excluding carboxylic acids is 3. The second kappa shape index (κ2) is 15.6. The maximum absolute atomic E-state index is 13.2. The number of Topliss-reactive ketones (excluding diaryl/α,β-unsaturated/α-hetero) is 1. The summed E-state index contributed by atoms with van der Waals surface area (Å²) in [7, 11) is -3.90. The highest BCUT2D eigenvalue weighted by Gasteiger charge is 2.34. The Labute approximate surface area is 243 Å². The Balaban J connectivity index is 1.64. The fourth-order valence-electron chi connectivity index (χ4n) is 4.67. The smallest absolute Gasteiger partial charge is 0.240 e. The van der Waals surface area contributed by atoms with E-state index in [0.717, 1.165) is 12.8 Å². The Hall–Kier alpha value is -3.40. The van der Waals surface area contributed by atoms with Crippen molar-refractivity contribution in [1.82, 2.24) is 20.3 Å². The minimum atomic E-state index is -3.90. The van der Waals surface area contributed by atoms with Gasteiger partial charge in [0.15, 0.2) is 11.0 Å². The summed E-state index contributed by atoms with van der Waals surface area (Å²) in [6, 6.07) is 6.63. The molecule has 3 rings (SSSR count). The summed E-state index contributed by atoms with van der Waals surface area (Å²) < 4.78 is 28.1. The van der Waals surface area contributed by atoms with Crippen LogP contribution >= 0.6 is 11.3 Å². The Kier molecular flexibility index (Phi) is 12.2. The Morgan fingerprint density at radius 1 is 1.10 bits per heavy atom. The fraction of sp³-hybridized carbons (Fsp3) is 0.500. The van der Waals surface area contributed by atoms with E-state index in [1.54, 1.807) is 35.7 Å². The number of carbonyl (C=O) groups is 3. The van der Waals surface area contributed by atoms with Crippen molar-refractivity contribution in [2.45, 2.75) is 62.4 Å². The van der Waals surface area contributed by atoms with E-state index in [1.165, 1.54) is 17.5 Å². The van der Waals surface area contributed by atoms with Crippen LogP contribution in [0.2, 0.25) is 0 Å². The molecule has 0 unspecified atom stereocenters. The van der Waals surface area contributed by atoms with E-state index in [4.69, 9.17) is 17.2 Å². The lowest BCUT2D eigenvalue weighted by atomic mass is 9.80. The van der Waals surface area contributed by atoms with E-state index in [1.807, 2.05) is 0 Å². The average molecular weight is 607 g/mol. The van der Waals surface area contributed by atoms with Crippen LogP contribution in [0.1, 0.15) is 53.9 Å². The molecule has 0 aliphatic heterocycles. The lowest BCUT2D eigenvalue weighted by Crippen LogP contribution is -2.52. The Morgan fingerprint density at radius 3 is 2.44 bits per heavy atom. The molecule has 41 heavy (non-hydrogen) atoms. The van der Waals surface area contributed by atoms with Crippen LogP contribution in [0.3, 0.4) is 0 Å². The van der Waals surface area contributed by atoms with Crippen molar-refractivity contribution >= 4 is 44.9 Å². The highest BCUT2D eigenvalue weighted by atomic mass is 32.2. The van der Waals surface area contributed by atoms with Gasteiger partial charge in [-0.15, -0.1) is 11.3 Å². The highest BCUT2D eigenvalue weighted by molar-refractivity contribution is 7.88. The predicted molar refractivity (Wildman–Crippen MR) is 157 cm³/mol. The molecule has 2 amide bonds. The van der Waals surface area contributed by atoms with Crippen LogP contribution in [0.4, 0.5) is 0 Å². The molecule has 1 aliphatic rings. The van der Waals surface area contributed by atoms with Crippen molar-refractivity contribution < 1.29 is 22.8 Å². The third-order valence-corrected chi connectivity index (χ3v) is 8.88. The first-order chi connectivity index (χ1) is 19.5. The van der Waals surface area contributed by atoms with Crippen LogP contribution in [0, 0.1) is 5.92 Å². The zero-order valence-electron chi connectivity index (χ0n) is 22.7. The number of nitrogens with two attached hydrogens (primary N) is 3. The number of nitrogens with zero attached hydrogens (tertiary/aromatic N) is 2. The van der Waals surface area contributed by atoms with Crippen LogP contribution in [0.5, 0.6) is 0 Å². The van der Waals surface area contributed by atoms with Gasteiger partial charge < -0.3 is 27.8 Å². The molecule has 1 aromatic carbocycles. The molecule has 224 valence electrons. The van der Waals surface area contributed by atoms with Gasteiger partial charge in [-0.1, -0.05) is 30.3 Å².